The van der Waals surface area contributed by atoms with Crippen molar-refractivity contribution in [3.63, 3.8) is 0 Å². The minimum atomic E-state index is -0.588. The van der Waals surface area contributed by atoms with Gasteiger partial charge in [-0.25, -0.2) is 0 Å². The first-order valence-electron chi connectivity index (χ1n) is 7.15. The third-order valence-electron chi connectivity index (χ3n) is 3.74. The van der Waals surface area contributed by atoms with Gasteiger partial charge in [-0.05, 0) is 18.4 Å². The Bertz CT molecular complexity index is 414. The molecule has 1 saturated heterocycles. The van der Waals surface area contributed by atoms with Crippen LogP contribution in [0.15, 0.2) is 30.3 Å². The molecule has 0 spiro atoms. The predicted octanol–water partition coefficient (Wildman–Crippen LogP) is 2.70. The molecule has 1 aromatic rings. The van der Waals surface area contributed by atoms with Crippen LogP contribution in [0.25, 0.3) is 0 Å². The second kappa shape index (κ2) is 6.97. The van der Waals surface area contributed by atoms with Crippen LogP contribution in [-0.4, -0.2) is 30.9 Å². The van der Waals surface area contributed by atoms with Gasteiger partial charge in [-0.3, -0.25) is 0 Å². The molecule has 1 heterocycles. The highest BCUT2D eigenvalue weighted by Crippen LogP contribution is 2.31. The molecule has 4 heteroatoms. The maximum atomic E-state index is 11.2. The number of carbonyl (C=O) groups is 1. The highest BCUT2D eigenvalue weighted by atomic mass is 16.8. The SMILES string of the molecule is CCC1(CC)OC[C@H]([C@@H](C=O)OCc2ccccc2)O1. The van der Waals surface area contributed by atoms with Crippen molar-refractivity contribution in [2.45, 2.75) is 51.3 Å². The summed E-state index contributed by atoms with van der Waals surface area (Å²) in [6.07, 6.45) is 1.43. The van der Waals surface area contributed by atoms with E-state index in [1.807, 2.05) is 44.2 Å². The zero-order chi connectivity index (χ0) is 14.4. The first-order valence-corrected chi connectivity index (χ1v) is 7.15. The summed E-state index contributed by atoms with van der Waals surface area (Å²) in [7, 11) is 0. The summed E-state index contributed by atoms with van der Waals surface area (Å²) in [5.74, 6) is -0.554. The molecule has 2 rings (SSSR count). The second-order valence-electron chi connectivity index (χ2n) is 4.98. The average Bonchev–Trinajstić information content (AvgIpc) is 2.94. The van der Waals surface area contributed by atoms with E-state index in [0.29, 0.717) is 13.2 Å². The Balaban J connectivity index is 1.91. The minimum Gasteiger partial charge on any atom is -0.363 e. The van der Waals surface area contributed by atoms with Crippen molar-refractivity contribution in [2.24, 2.45) is 0 Å². The van der Waals surface area contributed by atoms with E-state index in [-0.39, 0.29) is 6.10 Å². The summed E-state index contributed by atoms with van der Waals surface area (Å²) in [5, 5.41) is 0. The lowest BCUT2D eigenvalue weighted by Crippen LogP contribution is -2.35. The van der Waals surface area contributed by atoms with Gasteiger partial charge in [0.25, 0.3) is 0 Å². The van der Waals surface area contributed by atoms with Crippen molar-refractivity contribution in [1.29, 1.82) is 0 Å². The lowest BCUT2D eigenvalue weighted by molar-refractivity contribution is -0.185. The summed E-state index contributed by atoms with van der Waals surface area (Å²) in [6, 6.07) is 9.78. The van der Waals surface area contributed by atoms with Crippen LogP contribution < -0.4 is 0 Å². The average molecular weight is 278 g/mol. The van der Waals surface area contributed by atoms with Gasteiger partial charge in [-0.1, -0.05) is 44.2 Å². The fourth-order valence-corrected chi connectivity index (χ4v) is 2.36. The molecule has 1 aromatic carbocycles. The third kappa shape index (κ3) is 3.45. The Morgan fingerprint density at radius 3 is 2.60 bits per heavy atom. The van der Waals surface area contributed by atoms with Crippen LogP contribution in [0, 0.1) is 0 Å². The molecule has 0 aliphatic carbocycles. The van der Waals surface area contributed by atoms with E-state index in [1.165, 1.54) is 0 Å². The van der Waals surface area contributed by atoms with Gasteiger partial charge < -0.3 is 19.0 Å². The fourth-order valence-electron chi connectivity index (χ4n) is 2.36. The van der Waals surface area contributed by atoms with Crippen LogP contribution in [0.1, 0.15) is 32.3 Å². The standard InChI is InChI=1S/C16H22O4/c1-3-16(4-2)19-12-15(20-16)14(10-17)18-11-13-8-6-5-7-9-13/h5-10,14-15H,3-4,11-12H2,1-2H3/t14-,15-/m1/s1. The molecule has 1 fully saturated rings. The van der Waals surface area contributed by atoms with Gasteiger partial charge in [0.2, 0.25) is 0 Å². The van der Waals surface area contributed by atoms with E-state index in [1.54, 1.807) is 0 Å². The van der Waals surface area contributed by atoms with Crippen molar-refractivity contribution in [2.75, 3.05) is 6.61 Å². The summed E-state index contributed by atoms with van der Waals surface area (Å²) in [5.41, 5.74) is 1.04. The van der Waals surface area contributed by atoms with Crippen molar-refractivity contribution >= 4 is 6.29 Å². The zero-order valence-electron chi connectivity index (χ0n) is 12.1. The zero-order valence-corrected chi connectivity index (χ0v) is 12.1. The van der Waals surface area contributed by atoms with Crippen LogP contribution in [-0.2, 0) is 25.6 Å². The smallest absolute Gasteiger partial charge is 0.168 e. The van der Waals surface area contributed by atoms with Crippen LogP contribution in [0.2, 0.25) is 0 Å². The number of rotatable bonds is 7. The van der Waals surface area contributed by atoms with Crippen LogP contribution in [0.5, 0.6) is 0 Å². The predicted molar refractivity (Wildman–Crippen MR) is 75.2 cm³/mol. The monoisotopic (exact) mass is 278 g/mol. The summed E-state index contributed by atoms with van der Waals surface area (Å²) < 4.78 is 17.3. The third-order valence-corrected chi connectivity index (χ3v) is 3.74. The largest absolute Gasteiger partial charge is 0.363 e. The summed E-state index contributed by atoms with van der Waals surface area (Å²) in [6.45, 7) is 4.84. The van der Waals surface area contributed by atoms with E-state index in [2.05, 4.69) is 0 Å². The fraction of sp³-hybridized carbons (Fsp3) is 0.562. The molecule has 0 aromatic heterocycles. The highest BCUT2D eigenvalue weighted by Gasteiger charge is 2.42. The molecular formula is C16H22O4. The number of hydrogen-bond donors (Lipinski definition) is 0. The molecule has 0 radical (unpaired) electrons. The van der Waals surface area contributed by atoms with Crippen LogP contribution in [0.3, 0.4) is 0 Å². The summed E-state index contributed by atoms with van der Waals surface area (Å²) >= 11 is 0. The van der Waals surface area contributed by atoms with Crippen molar-refractivity contribution in [3.05, 3.63) is 35.9 Å². The molecule has 2 atom stereocenters. The molecule has 1 aliphatic heterocycles. The minimum absolute atomic E-state index is 0.323. The lowest BCUT2D eigenvalue weighted by Gasteiger charge is -2.26. The maximum Gasteiger partial charge on any atom is 0.168 e. The Morgan fingerprint density at radius 2 is 2.05 bits per heavy atom. The van der Waals surface area contributed by atoms with Gasteiger partial charge in [0.15, 0.2) is 12.1 Å². The van der Waals surface area contributed by atoms with Gasteiger partial charge in [0, 0.05) is 0 Å². The molecule has 0 bridgehead atoms. The topological polar surface area (TPSA) is 44.8 Å². The molecule has 0 amide bonds. The van der Waals surface area contributed by atoms with E-state index < -0.39 is 11.9 Å². The van der Waals surface area contributed by atoms with Gasteiger partial charge in [0.05, 0.1) is 13.2 Å². The van der Waals surface area contributed by atoms with Crippen molar-refractivity contribution in [1.82, 2.24) is 0 Å². The first kappa shape index (κ1) is 15.2. The number of aldehydes is 1. The van der Waals surface area contributed by atoms with E-state index in [4.69, 9.17) is 14.2 Å². The van der Waals surface area contributed by atoms with Gasteiger partial charge in [-0.15, -0.1) is 0 Å². The quantitative estimate of drug-likeness (QED) is 0.719. The molecule has 110 valence electrons. The van der Waals surface area contributed by atoms with Gasteiger partial charge in [0.1, 0.15) is 12.2 Å². The molecule has 0 N–H and O–H groups in total. The maximum absolute atomic E-state index is 11.2. The highest BCUT2D eigenvalue weighted by molar-refractivity contribution is 5.57. The molecule has 0 unspecified atom stereocenters. The van der Waals surface area contributed by atoms with Crippen LogP contribution in [0.4, 0.5) is 0 Å². The van der Waals surface area contributed by atoms with E-state index >= 15 is 0 Å². The Morgan fingerprint density at radius 1 is 1.35 bits per heavy atom. The number of carbonyl (C=O) groups excluding carboxylic acids is 1. The van der Waals surface area contributed by atoms with Gasteiger partial charge >= 0.3 is 0 Å². The number of ether oxygens (including phenoxy) is 3. The number of hydrogen-bond acceptors (Lipinski definition) is 4. The first-order chi connectivity index (χ1) is 9.73. The second-order valence-corrected chi connectivity index (χ2v) is 4.98. The van der Waals surface area contributed by atoms with Crippen molar-refractivity contribution in [3.8, 4) is 0 Å². The Kier molecular flexibility index (Phi) is 5.29. The van der Waals surface area contributed by atoms with Gasteiger partial charge in [-0.2, -0.15) is 0 Å². The normalized spacial score (nSPS) is 22.6. The van der Waals surface area contributed by atoms with Crippen molar-refractivity contribution < 1.29 is 19.0 Å². The Hall–Kier alpha value is -1.23. The summed E-state index contributed by atoms with van der Waals surface area (Å²) in [4.78, 5) is 11.2. The molecule has 20 heavy (non-hydrogen) atoms. The van der Waals surface area contributed by atoms with E-state index in [9.17, 15) is 4.79 Å². The molecule has 1 aliphatic rings. The van der Waals surface area contributed by atoms with Crippen LogP contribution >= 0.6 is 0 Å². The number of benzene rings is 1. The Labute approximate surface area is 120 Å². The lowest BCUT2D eigenvalue weighted by atomic mass is 10.1. The molecule has 4 nitrogen and oxygen atoms in total. The van der Waals surface area contributed by atoms with E-state index in [0.717, 1.165) is 24.7 Å². The molecule has 0 saturated carbocycles. The molecular weight excluding hydrogens is 256 g/mol.